The van der Waals surface area contributed by atoms with Crippen LogP contribution in [0.5, 0.6) is 0 Å². The van der Waals surface area contributed by atoms with Crippen LogP contribution in [0.3, 0.4) is 0 Å². The van der Waals surface area contributed by atoms with E-state index in [-0.39, 0.29) is 0 Å². The SMILES string of the molecule is CN1C(S)CC2C1CCC1(C)BC21C. The van der Waals surface area contributed by atoms with Gasteiger partial charge in [-0.25, -0.2) is 0 Å². The predicted octanol–water partition coefficient (Wildman–Crippen LogP) is 2.16. The molecular formula is C11H20BNS. The van der Waals surface area contributed by atoms with E-state index in [4.69, 9.17) is 12.6 Å². The van der Waals surface area contributed by atoms with Crippen molar-refractivity contribution in [2.45, 2.75) is 55.2 Å². The van der Waals surface area contributed by atoms with Crippen molar-refractivity contribution in [3.05, 3.63) is 0 Å². The molecule has 14 heavy (non-hydrogen) atoms. The van der Waals surface area contributed by atoms with E-state index in [2.05, 4.69) is 25.8 Å². The lowest BCUT2D eigenvalue weighted by atomic mass is 9.70. The Morgan fingerprint density at radius 1 is 1.43 bits per heavy atom. The summed E-state index contributed by atoms with van der Waals surface area (Å²) in [6, 6.07) is 0.832. The Kier molecular flexibility index (Phi) is 1.74. The molecule has 3 heteroatoms. The molecule has 0 amide bonds. The second-order valence-corrected chi connectivity index (χ2v) is 6.85. The molecule has 5 unspecified atom stereocenters. The molecule has 3 fully saturated rings. The molecule has 78 valence electrons. The van der Waals surface area contributed by atoms with E-state index in [1.54, 1.807) is 0 Å². The standard InChI is InChI=1S/C11H20BNS/c1-10-5-4-8-7(11(10,2)12-10)6-9(14)13(8)3/h7-9,12,14H,4-6H2,1-3H3. The molecule has 2 aliphatic heterocycles. The summed E-state index contributed by atoms with van der Waals surface area (Å²) in [5, 5.41) is 1.86. The van der Waals surface area contributed by atoms with E-state index >= 15 is 0 Å². The summed E-state index contributed by atoms with van der Waals surface area (Å²) in [4.78, 5) is 2.51. The van der Waals surface area contributed by atoms with Crippen LogP contribution in [0.1, 0.15) is 33.1 Å². The highest BCUT2D eigenvalue weighted by atomic mass is 32.1. The van der Waals surface area contributed by atoms with Crippen LogP contribution in [0.25, 0.3) is 0 Å². The topological polar surface area (TPSA) is 3.24 Å². The lowest BCUT2D eigenvalue weighted by molar-refractivity contribution is 0.177. The maximum atomic E-state index is 4.69. The first-order valence-electron chi connectivity index (χ1n) is 5.88. The van der Waals surface area contributed by atoms with Crippen molar-refractivity contribution in [3.63, 3.8) is 0 Å². The van der Waals surface area contributed by atoms with Gasteiger partial charge in [-0.1, -0.05) is 30.9 Å². The molecule has 0 aromatic carbocycles. The number of hydrogen-bond donors (Lipinski definition) is 1. The molecule has 0 radical (unpaired) electrons. The molecule has 3 rings (SSSR count). The predicted molar refractivity (Wildman–Crippen MR) is 65.5 cm³/mol. The van der Waals surface area contributed by atoms with Crippen molar-refractivity contribution in [2.24, 2.45) is 5.92 Å². The molecular weight excluding hydrogens is 189 g/mol. The summed E-state index contributed by atoms with van der Waals surface area (Å²) in [6.45, 7) is 5.01. The second-order valence-electron chi connectivity index (χ2n) is 6.25. The van der Waals surface area contributed by atoms with E-state index in [0.29, 0.717) is 16.0 Å². The number of hydrogen-bond acceptors (Lipinski definition) is 2. The van der Waals surface area contributed by atoms with E-state index in [9.17, 15) is 0 Å². The molecule has 0 spiro atoms. The zero-order chi connectivity index (χ0) is 10.1. The second kappa shape index (κ2) is 2.54. The van der Waals surface area contributed by atoms with Gasteiger partial charge in [-0.05, 0) is 25.8 Å². The van der Waals surface area contributed by atoms with Crippen LogP contribution in [0.2, 0.25) is 10.6 Å². The van der Waals surface area contributed by atoms with Crippen molar-refractivity contribution >= 4 is 19.9 Å². The summed E-state index contributed by atoms with van der Waals surface area (Å²) in [5.74, 6) is 0.925. The number of fused-ring (bicyclic) bond motifs is 3. The molecule has 1 aliphatic carbocycles. The van der Waals surface area contributed by atoms with Crippen LogP contribution in [0.4, 0.5) is 0 Å². The quantitative estimate of drug-likeness (QED) is 0.472. The monoisotopic (exact) mass is 209 g/mol. The van der Waals surface area contributed by atoms with Gasteiger partial charge in [0.25, 0.3) is 0 Å². The number of nitrogens with zero attached hydrogens (tertiary/aromatic N) is 1. The molecule has 0 aromatic heterocycles. The van der Waals surface area contributed by atoms with Gasteiger partial charge in [0.1, 0.15) is 7.28 Å². The van der Waals surface area contributed by atoms with E-state index in [1.165, 1.54) is 26.5 Å². The average molecular weight is 209 g/mol. The summed E-state index contributed by atoms with van der Waals surface area (Å²) in [7, 11) is 3.73. The first-order valence-corrected chi connectivity index (χ1v) is 6.40. The zero-order valence-electron chi connectivity index (χ0n) is 9.45. The molecule has 3 aliphatic rings. The Hall–Kier alpha value is 0.375. The fourth-order valence-electron chi connectivity index (χ4n) is 4.33. The van der Waals surface area contributed by atoms with E-state index in [1.807, 2.05) is 0 Å². The molecule has 0 aromatic rings. The van der Waals surface area contributed by atoms with E-state index < -0.39 is 0 Å². The summed E-state index contributed by atoms with van der Waals surface area (Å²) >= 11 is 4.69. The highest BCUT2D eigenvalue weighted by molar-refractivity contribution is 7.80. The van der Waals surface area contributed by atoms with Crippen molar-refractivity contribution < 1.29 is 0 Å². The minimum Gasteiger partial charge on any atom is -0.291 e. The van der Waals surface area contributed by atoms with Crippen LogP contribution in [0, 0.1) is 5.92 Å². The molecule has 1 nitrogen and oxygen atoms in total. The lowest BCUT2D eigenvalue weighted by Crippen LogP contribution is -2.36. The molecule has 0 bridgehead atoms. The fraction of sp³-hybridized carbons (Fsp3) is 1.00. The third-order valence-corrected chi connectivity index (χ3v) is 6.32. The Morgan fingerprint density at radius 3 is 2.86 bits per heavy atom. The first kappa shape index (κ1) is 9.59. The van der Waals surface area contributed by atoms with Crippen LogP contribution >= 0.6 is 12.6 Å². The van der Waals surface area contributed by atoms with Gasteiger partial charge >= 0.3 is 0 Å². The van der Waals surface area contributed by atoms with Crippen LogP contribution in [0.15, 0.2) is 0 Å². The van der Waals surface area contributed by atoms with Crippen molar-refractivity contribution in [2.75, 3.05) is 7.05 Å². The molecule has 2 saturated heterocycles. The maximum absolute atomic E-state index is 4.69. The molecule has 2 heterocycles. The zero-order valence-corrected chi connectivity index (χ0v) is 10.3. The van der Waals surface area contributed by atoms with Crippen molar-refractivity contribution in [1.82, 2.24) is 4.90 Å². The molecule has 5 atom stereocenters. The van der Waals surface area contributed by atoms with Crippen LogP contribution in [-0.2, 0) is 0 Å². The van der Waals surface area contributed by atoms with Crippen molar-refractivity contribution in [1.29, 1.82) is 0 Å². The lowest BCUT2D eigenvalue weighted by Gasteiger charge is -2.39. The van der Waals surface area contributed by atoms with Gasteiger partial charge in [0, 0.05) is 6.04 Å². The Bertz CT molecular complexity index is 284. The first-order chi connectivity index (χ1) is 6.48. The van der Waals surface area contributed by atoms with Crippen molar-refractivity contribution in [3.8, 4) is 0 Å². The van der Waals surface area contributed by atoms with Gasteiger partial charge in [0.05, 0.1) is 5.37 Å². The number of thiol groups is 1. The third-order valence-electron chi connectivity index (χ3n) is 5.74. The Balaban J connectivity index is 1.91. The largest absolute Gasteiger partial charge is 0.291 e. The molecule has 1 saturated carbocycles. The average Bonchev–Trinajstić information content (AvgIpc) is 2.57. The maximum Gasteiger partial charge on any atom is 0.134 e. The van der Waals surface area contributed by atoms with Crippen LogP contribution < -0.4 is 0 Å². The number of rotatable bonds is 0. The third kappa shape index (κ3) is 0.935. The molecule has 0 N–H and O–H groups in total. The van der Waals surface area contributed by atoms with E-state index in [0.717, 1.165) is 12.0 Å². The van der Waals surface area contributed by atoms with Gasteiger partial charge in [-0.15, -0.1) is 0 Å². The van der Waals surface area contributed by atoms with Gasteiger partial charge in [0.2, 0.25) is 0 Å². The Labute approximate surface area is 93.3 Å². The highest BCUT2D eigenvalue weighted by Gasteiger charge is 2.70. The summed E-state index contributed by atoms with van der Waals surface area (Å²) < 4.78 is 0. The summed E-state index contributed by atoms with van der Waals surface area (Å²) in [6.07, 6.45) is 4.16. The van der Waals surface area contributed by atoms with Gasteiger partial charge in [-0.2, -0.15) is 12.6 Å². The van der Waals surface area contributed by atoms with Gasteiger partial charge in [-0.3, -0.25) is 4.90 Å². The number of likely N-dealkylation sites (tertiary alicyclic amines) is 1. The Morgan fingerprint density at radius 2 is 2.14 bits per heavy atom. The fourth-order valence-corrected chi connectivity index (χ4v) is 4.73. The van der Waals surface area contributed by atoms with Crippen LogP contribution in [-0.4, -0.2) is 30.6 Å². The van der Waals surface area contributed by atoms with Gasteiger partial charge < -0.3 is 0 Å². The normalized spacial score (nSPS) is 61.6. The smallest absolute Gasteiger partial charge is 0.134 e. The minimum absolute atomic E-state index is 0.518. The highest BCUT2D eigenvalue weighted by Crippen LogP contribution is 2.79. The van der Waals surface area contributed by atoms with Gasteiger partial charge in [0.15, 0.2) is 0 Å². The minimum atomic E-state index is 0.518. The summed E-state index contributed by atoms with van der Waals surface area (Å²) in [5.41, 5.74) is 0.